The normalized spacial score (nSPS) is 14.5. The van der Waals surface area contributed by atoms with Crippen LogP contribution >= 0.6 is 11.6 Å². The molecule has 142 valence electrons. The molecular weight excluding hydrogens is 378 g/mol. The van der Waals surface area contributed by atoms with Crippen molar-refractivity contribution < 1.29 is 14.3 Å². The maximum absolute atomic E-state index is 12.8. The van der Waals surface area contributed by atoms with E-state index in [0.29, 0.717) is 27.7 Å². The van der Waals surface area contributed by atoms with E-state index >= 15 is 0 Å². The van der Waals surface area contributed by atoms with Gasteiger partial charge in [0, 0.05) is 23.2 Å². The van der Waals surface area contributed by atoms with Crippen molar-refractivity contribution in [2.45, 2.75) is 31.8 Å². The molecule has 0 bridgehead atoms. The van der Waals surface area contributed by atoms with Crippen LogP contribution in [0.1, 0.15) is 41.7 Å². The number of hydrogen-bond donors (Lipinski definition) is 1. The maximum Gasteiger partial charge on any atom is 0.339 e. The van der Waals surface area contributed by atoms with Crippen molar-refractivity contribution in [2.24, 2.45) is 0 Å². The third kappa shape index (κ3) is 3.97. The Balaban J connectivity index is 1.52. The quantitative estimate of drug-likeness (QED) is 0.650. The van der Waals surface area contributed by atoms with Crippen molar-refractivity contribution in [3.63, 3.8) is 0 Å². The molecule has 1 aliphatic rings. The van der Waals surface area contributed by atoms with Crippen molar-refractivity contribution in [2.75, 3.05) is 5.32 Å². The summed E-state index contributed by atoms with van der Waals surface area (Å²) in [6, 6.07) is 12.4. The molecule has 7 heteroatoms. The number of rotatable bonds is 5. The SMILES string of the molecule is C[C@@H](OC(=O)c1cc(C2CC2)nc2ccccc12)C(=O)Nc1ccc(Cl)cn1. The van der Waals surface area contributed by atoms with Crippen molar-refractivity contribution in [3.8, 4) is 0 Å². The van der Waals surface area contributed by atoms with Gasteiger partial charge in [0.05, 0.1) is 16.1 Å². The van der Waals surface area contributed by atoms with Gasteiger partial charge in [-0.25, -0.2) is 9.78 Å². The number of ether oxygens (including phenoxy) is 1. The lowest BCUT2D eigenvalue weighted by atomic mass is 10.1. The summed E-state index contributed by atoms with van der Waals surface area (Å²) >= 11 is 5.78. The molecule has 2 aromatic heterocycles. The van der Waals surface area contributed by atoms with Crippen LogP contribution in [-0.4, -0.2) is 27.9 Å². The third-order valence-corrected chi connectivity index (χ3v) is 4.81. The first-order valence-electron chi connectivity index (χ1n) is 9.04. The largest absolute Gasteiger partial charge is 0.449 e. The number of benzene rings is 1. The molecule has 28 heavy (non-hydrogen) atoms. The standard InChI is InChI=1S/C21H18ClN3O3/c1-12(20(26)25-19-9-8-14(22)11-23-19)28-21(27)16-10-18(13-6-7-13)24-17-5-3-2-4-15(16)17/h2-5,8-13H,6-7H2,1H3,(H,23,25,26)/t12-/m1/s1. The second-order valence-electron chi connectivity index (χ2n) is 6.78. The fraction of sp³-hybridized carbons (Fsp3) is 0.238. The number of pyridine rings is 2. The number of aromatic nitrogens is 2. The van der Waals surface area contributed by atoms with Crippen LogP contribution in [0.4, 0.5) is 5.82 Å². The molecule has 6 nitrogen and oxygen atoms in total. The lowest BCUT2D eigenvalue weighted by Gasteiger charge is -2.14. The first-order valence-corrected chi connectivity index (χ1v) is 9.42. The molecule has 3 aromatic rings. The first kappa shape index (κ1) is 18.4. The van der Waals surface area contributed by atoms with E-state index in [1.165, 1.54) is 13.1 Å². The summed E-state index contributed by atoms with van der Waals surface area (Å²) in [4.78, 5) is 33.8. The molecule has 1 amide bonds. The van der Waals surface area contributed by atoms with E-state index in [9.17, 15) is 9.59 Å². The van der Waals surface area contributed by atoms with Crippen LogP contribution in [0.2, 0.25) is 5.02 Å². The summed E-state index contributed by atoms with van der Waals surface area (Å²) in [5.41, 5.74) is 2.08. The molecule has 0 saturated heterocycles. The molecule has 1 aliphatic carbocycles. The second-order valence-corrected chi connectivity index (χ2v) is 7.22. The van der Waals surface area contributed by atoms with Gasteiger partial charge in [0.15, 0.2) is 6.10 Å². The van der Waals surface area contributed by atoms with Gasteiger partial charge >= 0.3 is 5.97 Å². The zero-order valence-electron chi connectivity index (χ0n) is 15.2. The minimum absolute atomic E-state index is 0.336. The van der Waals surface area contributed by atoms with Crippen LogP contribution in [0.3, 0.4) is 0 Å². The van der Waals surface area contributed by atoms with Crippen LogP contribution in [0.15, 0.2) is 48.7 Å². The fourth-order valence-electron chi connectivity index (χ4n) is 2.91. The molecule has 0 unspecified atom stereocenters. The van der Waals surface area contributed by atoms with Crippen molar-refractivity contribution >= 4 is 40.2 Å². The van der Waals surface area contributed by atoms with Gasteiger partial charge < -0.3 is 10.1 Å². The molecule has 0 radical (unpaired) electrons. The number of fused-ring (bicyclic) bond motifs is 1. The molecular formula is C21H18ClN3O3. The van der Waals surface area contributed by atoms with Crippen LogP contribution < -0.4 is 5.32 Å². The molecule has 1 atom stereocenters. The molecule has 4 rings (SSSR count). The Hall–Kier alpha value is -2.99. The Labute approximate surface area is 166 Å². The molecule has 0 spiro atoms. The van der Waals surface area contributed by atoms with E-state index in [2.05, 4.69) is 15.3 Å². The fourth-order valence-corrected chi connectivity index (χ4v) is 3.02. The van der Waals surface area contributed by atoms with Crippen molar-refractivity contribution in [1.82, 2.24) is 9.97 Å². The number of nitrogens with zero attached hydrogens (tertiary/aromatic N) is 2. The van der Waals surface area contributed by atoms with Crippen molar-refractivity contribution in [3.05, 3.63) is 64.9 Å². The van der Waals surface area contributed by atoms with Crippen LogP contribution in [0.25, 0.3) is 10.9 Å². The van der Waals surface area contributed by atoms with Gasteiger partial charge in [0.1, 0.15) is 5.82 Å². The second kappa shape index (κ2) is 7.56. The molecule has 1 N–H and O–H groups in total. The number of esters is 1. The van der Waals surface area contributed by atoms with Gasteiger partial charge in [-0.15, -0.1) is 0 Å². The number of carbonyl (C=O) groups is 2. The molecule has 0 aliphatic heterocycles. The number of anilines is 1. The van der Waals surface area contributed by atoms with E-state index in [1.807, 2.05) is 24.3 Å². The van der Waals surface area contributed by atoms with E-state index in [0.717, 1.165) is 24.1 Å². The lowest BCUT2D eigenvalue weighted by Crippen LogP contribution is -2.30. The predicted octanol–water partition coefficient (Wildman–Crippen LogP) is 4.34. The summed E-state index contributed by atoms with van der Waals surface area (Å²) in [7, 11) is 0. The maximum atomic E-state index is 12.8. The van der Waals surface area contributed by atoms with Crippen LogP contribution in [0, 0.1) is 0 Å². The number of para-hydroxylation sites is 1. The first-order chi connectivity index (χ1) is 13.5. The topological polar surface area (TPSA) is 81.2 Å². The predicted molar refractivity (Wildman–Crippen MR) is 106 cm³/mol. The zero-order valence-corrected chi connectivity index (χ0v) is 15.9. The highest BCUT2D eigenvalue weighted by molar-refractivity contribution is 6.30. The monoisotopic (exact) mass is 395 g/mol. The number of hydrogen-bond acceptors (Lipinski definition) is 5. The smallest absolute Gasteiger partial charge is 0.339 e. The van der Waals surface area contributed by atoms with E-state index in [4.69, 9.17) is 16.3 Å². The summed E-state index contributed by atoms with van der Waals surface area (Å²) in [6.07, 6.45) is 2.59. The van der Waals surface area contributed by atoms with Crippen LogP contribution in [0.5, 0.6) is 0 Å². The highest BCUT2D eigenvalue weighted by Crippen LogP contribution is 2.40. The van der Waals surface area contributed by atoms with Gasteiger partial charge in [-0.3, -0.25) is 9.78 Å². The molecule has 1 saturated carbocycles. The highest BCUT2D eigenvalue weighted by Gasteiger charge is 2.28. The average Bonchev–Trinajstić information content (AvgIpc) is 3.54. The van der Waals surface area contributed by atoms with Gasteiger partial charge in [-0.05, 0) is 44.0 Å². The average molecular weight is 396 g/mol. The van der Waals surface area contributed by atoms with Gasteiger partial charge in [-0.1, -0.05) is 29.8 Å². The molecule has 1 aromatic carbocycles. The van der Waals surface area contributed by atoms with E-state index in [1.54, 1.807) is 18.2 Å². The highest BCUT2D eigenvalue weighted by atomic mass is 35.5. The van der Waals surface area contributed by atoms with Crippen LogP contribution in [-0.2, 0) is 9.53 Å². The Morgan fingerprint density at radius 3 is 2.71 bits per heavy atom. The Bertz CT molecular complexity index is 1050. The minimum Gasteiger partial charge on any atom is -0.449 e. The van der Waals surface area contributed by atoms with E-state index in [-0.39, 0.29) is 0 Å². The Morgan fingerprint density at radius 1 is 1.21 bits per heavy atom. The van der Waals surface area contributed by atoms with Crippen molar-refractivity contribution in [1.29, 1.82) is 0 Å². The summed E-state index contributed by atoms with van der Waals surface area (Å²) in [6.45, 7) is 1.52. The number of amides is 1. The zero-order chi connectivity index (χ0) is 19.7. The number of carbonyl (C=O) groups excluding carboxylic acids is 2. The Morgan fingerprint density at radius 2 is 2.00 bits per heavy atom. The third-order valence-electron chi connectivity index (χ3n) is 4.58. The van der Waals surface area contributed by atoms with Gasteiger partial charge in [0.25, 0.3) is 5.91 Å². The summed E-state index contributed by atoms with van der Waals surface area (Å²) in [5.74, 6) is -0.285. The molecule has 2 heterocycles. The summed E-state index contributed by atoms with van der Waals surface area (Å²) < 4.78 is 5.42. The summed E-state index contributed by atoms with van der Waals surface area (Å²) in [5, 5.41) is 3.78. The minimum atomic E-state index is -0.985. The number of halogens is 1. The lowest BCUT2D eigenvalue weighted by molar-refractivity contribution is -0.123. The Kier molecular flexibility index (Phi) is 4.96. The van der Waals surface area contributed by atoms with Gasteiger partial charge in [-0.2, -0.15) is 0 Å². The number of nitrogens with one attached hydrogen (secondary N) is 1. The van der Waals surface area contributed by atoms with Gasteiger partial charge in [0.2, 0.25) is 0 Å². The van der Waals surface area contributed by atoms with E-state index < -0.39 is 18.0 Å². The molecule has 1 fully saturated rings.